The van der Waals surface area contributed by atoms with Crippen LogP contribution in [0.5, 0.6) is 5.75 Å². The predicted molar refractivity (Wildman–Crippen MR) is 90.3 cm³/mol. The second-order valence-corrected chi connectivity index (χ2v) is 5.57. The molecule has 0 aromatic heterocycles. The van der Waals surface area contributed by atoms with Gasteiger partial charge in [-0.05, 0) is 36.7 Å². The van der Waals surface area contributed by atoms with Crippen LogP contribution in [0.1, 0.15) is 11.1 Å². The van der Waals surface area contributed by atoms with E-state index in [2.05, 4.69) is 57.5 Å². The van der Waals surface area contributed by atoms with E-state index in [-0.39, 0.29) is 0 Å². The van der Waals surface area contributed by atoms with Gasteiger partial charge in [0.05, 0.1) is 0 Å². The molecular formula is C18H18BrNO. The van der Waals surface area contributed by atoms with Crippen molar-refractivity contribution in [2.45, 2.75) is 13.0 Å². The van der Waals surface area contributed by atoms with Crippen molar-refractivity contribution in [3.63, 3.8) is 0 Å². The summed E-state index contributed by atoms with van der Waals surface area (Å²) in [6.45, 7) is 1.97. The van der Waals surface area contributed by atoms with Gasteiger partial charge in [-0.15, -0.1) is 6.42 Å². The summed E-state index contributed by atoms with van der Waals surface area (Å²) in [6.07, 6.45) is 6.25. The molecule has 0 saturated carbocycles. The zero-order valence-corrected chi connectivity index (χ0v) is 13.4. The third kappa shape index (κ3) is 5.26. The highest BCUT2D eigenvalue weighted by atomic mass is 79.9. The summed E-state index contributed by atoms with van der Waals surface area (Å²) in [5, 5.41) is 3.44. The molecule has 2 aromatic rings. The molecule has 0 fully saturated rings. The van der Waals surface area contributed by atoms with Gasteiger partial charge >= 0.3 is 0 Å². The molecule has 2 nitrogen and oxygen atoms in total. The summed E-state index contributed by atoms with van der Waals surface area (Å²) in [5.41, 5.74) is 2.44. The van der Waals surface area contributed by atoms with Gasteiger partial charge in [-0.3, -0.25) is 0 Å². The SMILES string of the molecule is C#CCOc1ccc(Br)cc1CNCCc1ccccc1. The first-order valence-corrected chi connectivity index (χ1v) is 7.68. The summed E-state index contributed by atoms with van der Waals surface area (Å²) < 4.78 is 6.60. The van der Waals surface area contributed by atoms with E-state index in [9.17, 15) is 0 Å². The maximum atomic E-state index is 5.56. The molecule has 0 atom stereocenters. The van der Waals surface area contributed by atoms with Crippen molar-refractivity contribution in [3.8, 4) is 18.1 Å². The second-order valence-electron chi connectivity index (χ2n) is 4.66. The first kappa shape index (κ1) is 15.6. The molecule has 0 aliphatic heterocycles. The first-order chi connectivity index (χ1) is 10.3. The maximum Gasteiger partial charge on any atom is 0.148 e. The lowest BCUT2D eigenvalue weighted by molar-refractivity contribution is 0.365. The fourth-order valence-electron chi connectivity index (χ4n) is 2.05. The molecule has 2 rings (SSSR count). The van der Waals surface area contributed by atoms with Crippen LogP contribution < -0.4 is 10.1 Å². The van der Waals surface area contributed by atoms with Crippen molar-refractivity contribution in [1.82, 2.24) is 5.32 Å². The molecule has 0 saturated heterocycles. The number of hydrogen-bond acceptors (Lipinski definition) is 2. The normalized spacial score (nSPS) is 10.1. The largest absolute Gasteiger partial charge is 0.481 e. The molecule has 108 valence electrons. The zero-order chi connectivity index (χ0) is 14.9. The third-order valence-corrected chi connectivity index (χ3v) is 3.58. The highest BCUT2D eigenvalue weighted by Gasteiger charge is 2.04. The molecule has 0 radical (unpaired) electrons. The van der Waals surface area contributed by atoms with Gasteiger partial charge in [0.15, 0.2) is 0 Å². The highest BCUT2D eigenvalue weighted by molar-refractivity contribution is 9.10. The number of terminal acetylenes is 1. The number of rotatable bonds is 7. The van der Waals surface area contributed by atoms with Crippen molar-refractivity contribution in [2.75, 3.05) is 13.2 Å². The van der Waals surface area contributed by atoms with E-state index in [1.807, 2.05) is 18.2 Å². The highest BCUT2D eigenvalue weighted by Crippen LogP contribution is 2.23. The Hall–Kier alpha value is -1.76. The molecule has 0 heterocycles. The molecule has 3 heteroatoms. The maximum absolute atomic E-state index is 5.56. The van der Waals surface area contributed by atoms with Crippen LogP contribution in [0.2, 0.25) is 0 Å². The van der Waals surface area contributed by atoms with E-state index in [1.165, 1.54) is 5.56 Å². The van der Waals surface area contributed by atoms with Crippen LogP contribution in [0, 0.1) is 12.3 Å². The minimum atomic E-state index is 0.290. The molecule has 0 aliphatic rings. The van der Waals surface area contributed by atoms with Crippen molar-refractivity contribution in [2.24, 2.45) is 0 Å². The van der Waals surface area contributed by atoms with Crippen molar-refractivity contribution in [1.29, 1.82) is 0 Å². The average Bonchev–Trinajstić information content (AvgIpc) is 2.52. The van der Waals surface area contributed by atoms with E-state index >= 15 is 0 Å². The Morgan fingerprint density at radius 1 is 1.14 bits per heavy atom. The van der Waals surface area contributed by atoms with Gasteiger partial charge in [-0.1, -0.05) is 52.2 Å². The van der Waals surface area contributed by atoms with Crippen LogP contribution in [-0.2, 0) is 13.0 Å². The van der Waals surface area contributed by atoms with Gasteiger partial charge in [-0.25, -0.2) is 0 Å². The number of benzene rings is 2. The second kappa shape index (κ2) is 8.51. The number of halogens is 1. The Morgan fingerprint density at radius 2 is 1.95 bits per heavy atom. The monoisotopic (exact) mass is 343 g/mol. The average molecular weight is 344 g/mol. The van der Waals surface area contributed by atoms with Crippen molar-refractivity contribution in [3.05, 3.63) is 64.1 Å². The lowest BCUT2D eigenvalue weighted by Gasteiger charge is -2.11. The van der Waals surface area contributed by atoms with Gasteiger partial charge in [-0.2, -0.15) is 0 Å². The van der Waals surface area contributed by atoms with Gasteiger partial charge in [0, 0.05) is 16.6 Å². The van der Waals surface area contributed by atoms with E-state index < -0.39 is 0 Å². The Morgan fingerprint density at radius 3 is 2.71 bits per heavy atom. The molecule has 0 unspecified atom stereocenters. The van der Waals surface area contributed by atoms with Crippen LogP contribution in [0.25, 0.3) is 0 Å². The standard InChI is InChI=1S/C18H18BrNO/c1-2-12-21-18-9-8-17(19)13-16(18)14-20-11-10-15-6-4-3-5-7-15/h1,3-9,13,20H,10-12,14H2. The summed E-state index contributed by atoms with van der Waals surface area (Å²) in [7, 11) is 0. The smallest absolute Gasteiger partial charge is 0.148 e. The Bertz CT molecular complexity index is 604. The minimum Gasteiger partial charge on any atom is -0.481 e. The van der Waals surface area contributed by atoms with Crippen LogP contribution in [0.15, 0.2) is 53.0 Å². The molecule has 0 bridgehead atoms. The molecule has 0 aliphatic carbocycles. The Balaban J connectivity index is 1.87. The van der Waals surface area contributed by atoms with Crippen LogP contribution in [0.3, 0.4) is 0 Å². The van der Waals surface area contributed by atoms with Crippen molar-refractivity contribution >= 4 is 15.9 Å². The van der Waals surface area contributed by atoms with Crippen LogP contribution >= 0.6 is 15.9 Å². The molecule has 21 heavy (non-hydrogen) atoms. The summed E-state index contributed by atoms with van der Waals surface area (Å²) in [6, 6.07) is 16.4. The summed E-state index contributed by atoms with van der Waals surface area (Å²) >= 11 is 3.49. The lowest BCUT2D eigenvalue weighted by Crippen LogP contribution is -2.17. The molecule has 2 aromatic carbocycles. The van der Waals surface area contributed by atoms with Crippen molar-refractivity contribution < 1.29 is 4.74 Å². The van der Waals surface area contributed by atoms with E-state index in [0.717, 1.165) is 35.3 Å². The molecule has 0 amide bonds. The van der Waals surface area contributed by atoms with Gasteiger partial charge in [0.2, 0.25) is 0 Å². The summed E-state index contributed by atoms with van der Waals surface area (Å²) in [4.78, 5) is 0. The van der Waals surface area contributed by atoms with E-state index in [0.29, 0.717) is 6.61 Å². The summed E-state index contributed by atoms with van der Waals surface area (Å²) in [5.74, 6) is 3.33. The number of nitrogens with one attached hydrogen (secondary N) is 1. The third-order valence-electron chi connectivity index (χ3n) is 3.08. The van der Waals surface area contributed by atoms with Gasteiger partial charge in [0.1, 0.15) is 12.4 Å². The molecule has 0 spiro atoms. The first-order valence-electron chi connectivity index (χ1n) is 6.89. The topological polar surface area (TPSA) is 21.3 Å². The molecular weight excluding hydrogens is 326 g/mol. The molecule has 1 N–H and O–H groups in total. The van der Waals surface area contributed by atoms with Gasteiger partial charge in [0.25, 0.3) is 0 Å². The van der Waals surface area contributed by atoms with Crippen LogP contribution in [0.4, 0.5) is 0 Å². The number of ether oxygens (including phenoxy) is 1. The lowest BCUT2D eigenvalue weighted by atomic mass is 10.1. The fourth-order valence-corrected chi connectivity index (χ4v) is 2.46. The van der Waals surface area contributed by atoms with E-state index in [1.54, 1.807) is 0 Å². The predicted octanol–water partition coefficient (Wildman–Crippen LogP) is 3.79. The van der Waals surface area contributed by atoms with Gasteiger partial charge < -0.3 is 10.1 Å². The zero-order valence-electron chi connectivity index (χ0n) is 11.8. The minimum absolute atomic E-state index is 0.290. The van der Waals surface area contributed by atoms with E-state index in [4.69, 9.17) is 11.2 Å². The quantitative estimate of drug-likeness (QED) is 0.610. The van der Waals surface area contributed by atoms with Crippen LogP contribution in [-0.4, -0.2) is 13.2 Å². The Labute approximate surface area is 134 Å². The Kier molecular flexibility index (Phi) is 6.33. The fraction of sp³-hybridized carbons (Fsp3) is 0.222. The number of hydrogen-bond donors (Lipinski definition) is 1.